The van der Waals surface area contributed by atoms with Crippen LogP contribution in [0.15, 0.2) is 54.9 Å². The number of benzene rings is 2. The Kier molecular flexibility index (Phi) is 3.33. The van der Waals surface area contributed by atoms with Gasteiger partial charge < -0.3 is 10.2 Å². The molecule has 0 saturated heterocycles. The first-order valence-electron chi connectivity index (χ1n) is 6.70. The van der Waals surface area contributed by atoms with Gasteiger partial charge in [-0.2, -0.15) is 0 Å². The Balaban J connectivity index is 1.74. The van der Waals surface area contributed by atoms with Crippen molar-refractivity contribution in [1.29, 1.82) is 0 Å². The molecule has 0 amide bonds. The highest BCUT2D eigenvalue weighted by atomic mass is 16.5. The molecular weight excluding hydrogens is 248 g/mol. The maximum absolute atomic E-state index is 5.28. The molecule has 1 aromatic heterocycles. The molecule has 0 spiro atoms. The molecule has 3 aromatic rings. The quantitative estimate of drug-likeness (QED) is 0.779. The Morgan fingerprint density at radius 1 is 1.05 bits per heavy atom. The first-order chi connectivity index (χ1) is 9.76. The number of ether oxygens (including phenoxy) is 1. The molecule has 3 nitrogen and oxygen atoms in total. The standard InChI is InChI=1S/C17H18N2O/c1-13-9-14(7-8-17(13)20-2)10-18-19-11-15-5-3-4-6-16(15)12-19/h3-9,11-12,18H,10H2,1-2H3. The summed E-state index contributed by atoms with van der Waals surface area (Å²) >= 11 is 0. The van der Waals surface area contributed by atoms with Crippen molar-refractivity contribution in [2.24, 2.45) is 0 Å². The van der Waals surface area contributed by atoms with E-state index in [4.69, 9.17) is 4.74 Å². The normalized spacial score (nSPS) is 10.7. The lowest BCUT2D eigenvalue weighted by Crippen LogP contribution is -2.11. The molecule has 20 heavy (non-hydrogen) atoms. The number of nitrogens with zero attached hydrogens (tertiary/aromatic N) is 1. The van der Waals surface area contributed by atoms with E-state index < -0.39 is 0 Å². The molecule has 0 unspecified atom stereocenters. The van der Waals surface area contributed by atoms with Crippen molar-refractivity contribution in [2.75, 3.05) is 12.5 Å². The van der Waals surface area contributed by atoms with Gasteiger partial charge >= 0.3 is 0 Å². The number of aryl methyl sites for hydroxylation is 1. The fourth-order valence-electron chi connectivity index (χ4n) is 2.41. The minimum absolute atomic E-state index is 0.784. The fraction of sp³-hybridized carbons (Fsp3) is 0.176. The highest BCUT2D eigenvalue weighted by Gasteiger charge is 2.01. The Labute approximate surface area is 118 Å². The van der Waals surface area contributed by atoms with Crippen LogP contribution in [0.25, 0.3) is 10.8 Å². The number of rotatable bonds is 4. The Hall–Kier alpha value is -2.42. The van der Waals surface area contributed by atoms with Crippen LogP contribution < -0.4 is 10.2 Å². The lowest BCUT2D eigenvalue weighted by atomic mass is 10.1. The van der Waals surface area contributed by atoms with Crippen LogP contribution in [-0.4, -0.2) is 11.8 Å². The van der Waals surface area contributed by atoms with E-state index in [2.05, 4.69) is 61.1 Å². The molecule has 1 N–H and O–H groups in total. The van der Waals surface area contributed by atoms with Gasteiger partial charge in [0.05, 0.1) is 13.7 Å². The second-order valence-electron chi connectivity index (χ2n) is 4.93. The lowest BCUT2D eigenvalue weighted by molar-refractivity contribution is 0.411. The molecule has 1 heterocycles. The highest BCUT2D eigenvalue weighted by molar-refractivity contribution is 5.82. The number of fused-ring (bicyclic) bond motifs is 1. The summed E-state index contributed by atoms with van der Waals surface area (Å²) in [4.78, 5) is 0. The summed E-state index contributed by atoms with van der Waals surface area (Å²) < 4.78 is 7.30. The van der Waals surface area contributed by atoms with Gasteiger partial charge in [-0.05, 0) is 24.1 Å². The molecule has 0 atom stereocenters. The second kappa shape index (κ2) is 5.29. The monoisotopic (exact) mass is 266 g/mol. The van der Waals surface area contributed by atoms with E-state index in [1.54, 1.807) is 7.11 Å². The van der Waals surface area contributed by atoms with Gasteiger partial charge in [-0.25, -0.2) is 0 Å². The fourth-order valence-corrected chi connectivity index (χ4v) is 2.41. The van der Waals surface area contributed by atoms with E-state index in [1.165, 1.54) is 16.3 Å². The Morgan fingerprint density at radius 2 is 1.75 bits per heavy atom. The topological polar surface area (TPSA) is 26.2 Å². The Bertz CT molecular complexity index is 698. The zero-order valence-corrected chi connectivity index (χ0v) is 11.8. The van der Waals surface area contributed by atoms with Crippen LogP contribution in [0.1, 0.15) is 11.1 Å². The second-order valence-corrected chi connectivity index (χ2v) is 4.93. The van der Waals surface area contributed by atoms with Gasteiger partial charge in [0.15, 0.2) is 0 Å². The van der Waals surface area contributed by atoms with Crippen LogP contribution in [0, 0.1) is 6.92 Å². The lowest BCUT2D eigenvalue weighted by Gasteiger charge is -2.10. The first kappa shape index (κ1) is 12.6. The van der Waals surface area contributed by atoms with Crippen LogP contribution in [0.2, 0.25) is 0 Å². The van der Waals surface area contributed by atoms with E-state index in [9.17, 15) is 0 Å². The van der Waals surface area contributed by atoms with E-state index in [0.717, 1.165) is 17.9 Å². The molecule has 0 fully saturated rings. The van der Waals surface area contributed by atoms with Crippen LogP contribution >= 0.6 is 0 Å². The van der Waals surface area contributed by atoms with Crippen molar-refractivity contribution in [3.63, 3.8) is 0 Å². The molecule has 3 rings (SSSR count). The molecule has 3 heteroatoms. The zero-order valence-electron chi connectivity index (χ0n) is 11.8. The van der Waals surface area contributed by atoms with Crippen molar-refractivity contribution >= 4 is 10.8 Å². The van der Waals surface area contributed by atoms with Crippen molar-refractivity contribution in [2.45, 2.75) is 13.5 Å². The maximum atomic E-state index is 5.28. The van der Waals surface area contributed by atoms with E-state index in [-0.39, 0.29) is 0 Å². The van der Waals surface area contributed by atoms with Gasteiger partial charge in [-0.1, -0.05) is 36.4 Å². The maximum Gasteiger partial charge on any atom is 0.121 e. The summed E-state index contributed by atoms with van der Waals surface area (Å²) in [5.41, 5.74) is 5.78. The minimum Gasteiger partial charge on any atom is -0.496 e. The van der Waals surface area contributed by atoms with Crippen molar-refractivity contribution in [3.8, 4) is 5.75 Å². The summed E-state index contributed by atoms with van der Waals surface area (Å²) in [6, 6.07) is 14.6. The van der Waals surface area contributed by atoms with Gasteiger partial charge in [0.2, 0.25) is 0 Å². The summed E-state index contributed by atoms with van der Waals surface area (Å²) in [7, 11) is 1.70. The molecule has 0 aliphatic carbocycles. The molecule has 2 aromatic carbocycles. The molecule has 102 valence electrons. The molecule has 0 radical (unpaired) electrons. The largest absolute Gasteiger partial charge is 0.496 e. The van der Waals surface area contributed by atoms with Crippen molar-refractivity contribution in [1.82, 2.24) is 4.68 Å². The SMILES string of the molecule is COc1ccc(CNn2cc3ccccc3c2)cc1C. The van der Waals surface area contributed by atoms with Gasteiger partial charge in [0.1, 0.15) is 5.75 Å². The van der Waals surface area contributed by atoms with Crippen LogP contribution in [-0.2, 0) is 6.54 Å². The number of methoxy groups -OCH3 is 1. The van der Waals surface area contributed by atoms with E-state index >= 15 is 0 Å². The molecule has 0 aliphatic heterocycles. The zero-order chi connectivity index (χ0) is 13.9. The van der Waals surface area contributed by atoms with Crippen LogP contribution in [0.4, 0.5) is 0 Å². The smallest absolute Gasteiger partial charge is 0.121 e. The average Bonchev–Trinajstić information content (AvgIpc) is 2.88. The summed E-state index contributed by atoms with van der Waals surface area (Å²) in [6.45, 7) is 2.85. The van der Waals surface area contributed by atoms with E-state index in [1.807, 2.05) is 10.7 Å². The number of hydrogen-bond donors (Lipinski definition) is 1. The summed E-state index contributed by atoms with van der Waals surface area (Å²) in [6.07, 6.45) is 4.21. The number of aromatic nitrogens is 1. The average molecular weight is 266 g/mol. The molecule has 0 aliphatic rings. The van der Waals surface area contributed by atoms with Crippen molar-refractivity contribution < 1.29 is 4.74 Å². The molecule has 0 saturated carbocycles. The third kappa shape index (κ3) is 2.48. The minimum atomic E-state index is 0.784. The van der Waals surface area contributed by atoms with Gasteiger partial charge in [-0.3, -0.25) is 4.68 Å². The molecule has 0 bridgehead atoms. The third-order valence-corrected chi connectivity index (χ3v) is 3.48. The van der Waals surface area contributed by atoms with Crippen molar-refractivity contribution in [3.05, 3.63) is 66.0 Å². The number of hydrogen-bond acceptors (Lipinski definition) is 2. The number of nitrogens with one attached hydrogen (secondary N) is 1. The van der Waals surface area contributed by atoms with Crippen LogP contribution in [0.3, 0.4) is 0 Å². The summed E-state index contributed by atoms with van der Waals surface area (Å²) in [5.74, 6) is 0.931. The summed E-state index contributed by atoms with van der Waals surface area (Å²) in [5, 5.41) is 2.48. The highest BCUT2D eigenvalue weighted by Crippen LogP contribution is 2.19. The van der Waals surface area contributed by atoms with Crippen LogP contribution in [0.5, 0.6) is 5.75 Å². The predicted molar refractivity (Wildman–Crippen MR) is 82.7 cm³/mol. The van der Waals surface area contributed by atoms with Gasteiger partial charge in [0, 0.05) is 23.2 Å². The van der Waals surface area contributed by atoms with Gasteiger partial charge in [-0.15, -0.1) is 0 Å². The first-order valence-corrected chi connectivity index (χ1v) is 6.70. The molecular formula is C17H18N2O. The van der Waals surface area contributed by atoms with Gasteiger partial charge in [0.25, 0.3) is 0 Å². The van der Waals surface area contributed by atoms with E-state index in [0.29, 0.717) is 0 Å². The Morgan fingerprint density at radius 3 is 2.35 bits per heavy atom. The third-order valence-electron chi connectivity index (χ3n) is 3.48. The predicted octanol–water partition coefficient (Wildman–Crippen LogP) is 3.70.